The molecule has 2 aromatic carbocycles. The van der Waals surface area contributed by atoms with E-state index in [1.165, 1.54) is 19.9 Å². The smallest absolute Gasteiger partial charge is 0.332 e. The Hall–Kier alpha value is -3.47. The predicted octanol–water partition coefficient (Wildman–Crippen LogP) is 2.40. The van der Waals surface area contributed by atoms with Gasteiger partial charge in [0, 0.05) is 11.4 Å². The fourth-order valence-corrected chi connectivity index (χ4v) is 4.03. The zero-order valence-electron chi connectivity index (χ0n) is 21.3. The van der Waals surface area contributed by atoms with E-state index in [2.05, 4.69) is 15.3 Å². The lowest BCUT2D eigenvalue weighted by Gasteiger charge is -2.38. The van der Waals surface area contributed by atoms with E-state index in [1.807, 2.05) is 13.8 Å². The summed E-state index contributed by atoms with van der Waals surface area (Å²) < 4.78 is 67.5. The number of nitrogens with two attached hydrogens (primary N) is 2. The SMILES string of the molecule is CCS(=O)(=O)O.Cc1cc(S(=O)(=O)F)ccc1NC(=O)COc1ccc(N2C(N)=NC(N)=NC2(C)C)cc1Cl. The summed E-state index contributed by atoms with van der Waals surface area (Å²) in [4.78, 5) is 21.7. The van der Waals surface area contributed by atoms with E-state index in [4.69, 9.17) is 32.4 Å². The number of rotatable bonds is 7. The van der Waals surface area contributed by atoms with Gasteiger partial charge < -0.3 is 21.5 Å². The van der Waals surface area contributed by atoms with Crippen LogP contribution in [0.3, 0.4) is 0 Å². The first-order chi connectivity index (χ1) is 17.8. The second kappa shape index (κ2) is 12.1. The number of hydrogen-bond acceptors (Lipinski definition) is 11. The summed E-state index contributed by atoms with van der Waals surface area (Å²) in [6.07, 6.45) is 0. The Morgan fingerprint density at radius 2 is 1.79 bits per heavy atom. The maximum atomic E-state index is 13.1. The molecule has 39 heavy (non-hydrogen) atoms. The van der Waals surface area contributed by atoms with Gasteiger partial charge in [0.05, 0.1) is 15.7 Å². The average Bonchev–Trinajstić information content (AvgIpc) is 2.78. The van der Waals surface area contributed by atoms with Crippen LogP contribution in [-0.4, -0.2) is 57.2 Å². The lowest BCUT2D eigenvalue weighted by molar-refractivity contribution is -0.118. The number of hydrogen-bond donors (Lipinski definition) is 4. The molecule has 1 aliphatic heterocycles. The maximum Gasteiger partial charge on any atom is 0.332 e. The Kier molecular flexibility index (Phi) is 9.89. The molecule has 0 aromatic heterocycles. The van der Waals surface area contributed by atoms with Crippen molar-refractivity contribution in [2.75, 3.05) is 22.6 Å². The molecule has 0 saturated carbocycles. The summed E-state index contributed by atoms with van der Waals surface area (Å²) in [5.74, 6) is -0.250. The predicted molar refractivity (Wildman–Crippen MR) is 147 cm³/mol. The second-order valence-electron chi connectivity index (χ2n) is 8.51. The molecule has 2 aromatic rings. The molecule has 0 radical (unpaired) electrons. The van der Waals surface area contributed by atoms with Crippen LogP contribution in [0.5, 0.6) is 5.75 Å². The van der Waals surface area contributed by atoms with Crippen LogP contribution < -0.4 is 26.4 Å². The zero-order valence-corrected chi connectivity index (χ0v) is 23.7. The Bertz CT molecular complexity index is 1530. The first-order valence-electron chi connectivity index (χ1n) is 11.1. The first-order valence-corrected chi connectivity index (χ1v) is 14.4. The minimum absolute atomic E-state index is 0.0713. The van der Waals surface area contributed by atoms with Gasteiger partial charge in [0.25, 0.3) is 16.0 Å². The van der Waals surface area contributed by atoms with E-state index >= 15 is 0 Å². The monoisotopic (exact) mass is 606 g/mol. The minimum Gasteiger partial charge on any atom is -0.482 e. The van der Waals surface area contributed by atoms with Gasteiger partial charge in [-0.05, 0) is 69.7 Å². The number of guanidine groups is 2. The number of nitrogens with one attached hydrogen (secondary N) is 1. The molecule has 0 saturated heterocycles. The van der Waals surface area contributed by atoms with E-state index in [1.54, 1.807) is 23.1 Å². The van der Waals surface area contributed by atoms with Crippen LogP contribution >= 0.6 is 11.6 Å². The maximum absolute atomic E-state index is 13.1. The van der Waals surface area contributed by atoms with Crippen LogP contribution in [0.1, 0.15) is 26.3 Å². The van der Waals surface area contributed by atoms with Crippen LogP contribution in [0, 0.1) is 6.92 Å². The molecular weight excluding hydrogens is 579 g/mol. The van der Waals surface area contributed by atoms with Crippen molar-refractivity contribution in [3.05, 3.63) is 47.0 Å². The number of carbonyl (C=O) groups is 1. The summed E-state index contributed by atoms with van der Waals surface area (Å²) >= 11 is 6.33. The molecule has 0 spiro atoms. The molecule has 0 bridgehead atoms. The lowest BCUT2D eigenvalue weighted by Crippen LogP contribution is -2.54. The highest BCUT2D eigenvalue weighted by atomic mass is 35.5. The van der Waals surface area contributed by atoms with Gasteiger partial charge >= 0.3 is 10.2 Å². The van der Waals surface area contributed by atoms with Crippen molar-refractivity contribution in [3.63, 3.8) is 0 Å². The summed E-state index contributed by atoms with van der Waals surface area (Å²) in [6.45, 7) is 6.15. The fraction of sp³-hybridized carbons (Fsp3) is 0.318. The molecule has 1 aliphatic rings. The molecule has 1 amide bonds. The molecule has 0 unspecified atom stereocenters. The second-order valence-corrected chi connectivity index (χ2v) is 12.0. The van der Waals surface area contributed by atoms with Crippen LogP contribution in [0.4, 0.5) is 15.3 Å². The molecular formula is C22H28ClFN6O7S2. The molecule has 0 atom stereocenters. The van der Waals surface area contributed by atoms with Crippen LogP contribution in [0.2, 0.25) is 5.02 Å². The van der Waals surface area contributed by atoms with Crippen molar-refractivity contribution in [2.24, 2.45) is 21.5 Å². The first kappa shape index (κ1) is 31.7. The van der Waals surface area contributed by atoms with E-state index in [-0.39, 0.29) is 35.1 Å². The molecule has 6 N–H and O–H groups in total. The van der Waals surface area contributed by atoms with Crippen molar-refractivity contribution >= 4 is 61.1 Å². The van der Waals surface area contributed by atoms with Gasteiger partial charge in [0.1, 0.15) is 11.4 Å². The number of aliphatic imine (C=N–C) groups is 2. The molecule has 1 heterocycles. The normalized spacial score (nSPS) is 14.9. The third kappa shape index (κ3) is 9.05. The van der Waals surface area contributed by atoms with Crippen LogP contribution in [0.25, 0.3) is 0 Å². The Morgan fingerprint density at radius 1 is 1.18 bits per heavy atom. The highest BCUT2D eigenvalue weighted by Crippen LogP contribution is 2.34. The van der Waals surface area contributed by atoms with E-state index in [0.29, 0.717) is 16.9 Å². The standard InChI is InChI=1S/C20H22ClFN6O4S.C2H6O3S/c1-11-8-13(33(22,30)31)5-6-15(11)25-17(29)10-32-16-7-4-12(9-14(16)21)28-19(24)26-18(23)27-20(28,2)3;1-2-6(3,4)5/h4-9H,10H2,1-3H3,(H,25,29)(H4,23,24,26,27);2H2,1H3,(H,3,4,5). The molecule has 17 heteroatoms. The van der Waals surface area contributed by atoms with Crippen LogP contribution in [-0.2, 0) is 25.1 Å². The third-order valence-electron chi connectivity index (χ3n) is 5.04. The van der Waals surface area contributed by atoms with Gasteiger partial charge in [-0.3, -0.25) is 14.2 Å². The van der Waals surface area contributed by atoms with Crippen molar-refractivity contribution in [1.29, 1.82) is 0 Å². The fourth-order valence-electron chi connectivity index (χ4n) is 3.25. The number of nitrogens with zero attached hydrogens (tertiary/aromatic N) is 3. The van der Waals surface area contributed by atoms with Gasteiger partial charge in [-0.2, -0.15) is 21.8 Å². The number of aryl methyl sites for hydroxylation is 1. The number of benzene rings is 2. The summed E-state index contributed by atoms with van der Waals surface area (Å²) in [5.41, 5.74) is 12.2. The Labute approximate surface area is 230 Å². The average molecular weight is 607 g/mol. The summed E-state index contributed by atoms with van der Waals surface area (Å²) in [7, 11) is -8.49. The van der Waals surface area contributed by atoms with Gasteiger partial charge in [-0.25, -0.2) is 4.99 Å². The minimum atomic E-state index is -4.83. The van der Waals surface area contributed by atoms with E-state index < -0.39 is 36.8 Å². The van der Waals surface area contributed by atoms with Crippen molar-refractivity contribution in [1.82, 2.24) is 0 Å². The van der Waals surface area contributed by atoms with Gasteiger partial charge in [0.15, 0.2) is 6.61 Å². The molecule has 13 nitrogen and oxygen atoms in total. The zero-order chi connectivity index (χ0) is 29.8. The molecule has 214 valence electrons. The number of halogens is 2. The highest BCUT2D eigenvalue weighted by molar-refractivity contribution is 7.86. The van der Waals surface area contributed by atoms with Gasteiger partial charge in [-0.15, -0.1) is 3.89 Å². The Balaban J connectivity index is 0.000000798. The Morgan fingerprint density at radius 3 is 2.28 bits per heavy atom. The van der Waals surface area contributed by atoms with Crippen molar-refractivity contribution in [2.45, 2.75) is 38.3 Å². The van der Waals surface area contributed by atoms with Gasteiger partial charge in [-0.1, -0.05) is 11.6 Å². The third-order valence-corrected chi connectivity index (χ3v) is 6.89. The summed E-state index contributed by atoms with van der Waals surface area (Å²) in [6, 6.07) is 8.32. The van der Waals surface area contributed by atoms with E-state index in [9.17, 15) is 25.5 Å². The summed E-state index contributed by atoms with van der Waals surface area (Å²) in [5, 5.41) is 2.79. The lowest BCUT2D eigenvalue weighted by atomic mass is 10.1. The number of amides is 1. The highest BCUT2D eigenvalue weighted by Gasteiger charge is 2.33. The largest absolute Gasteiger partial charge is 0.482 e. The van der Waals surface area contributed by atoms with E-state index in [0.717, 1.165) is 12.1 Å². The quantitative estimate of drug-likeness (QED) is 0.267. The van der Waals surface area contributed by atoms with Crippen LogP contribution in [0.15, 0.2) is 51.3 Å². The number of carbonyl (C=O) groups excluding carboxylic acids is 1. The molecule has 0 aliphatic carbocycles. The van der Waals surface area contributed by atoms with Crippen molar-refractivity contribution < 1.29 is 34.8 Å². The molecule has 0 fully saturated rings. The topological polar surface area (TPSA) is 207 Å². The van der Waals surface area contributed by atoms with Gasteiger partial charge in [0.2, 0.25) is 11.9 Å². The number of ether oxygens (including phenoxy) is 1. The number of anilines is 2. The van der Waals surface area contributed by atoms with Crippen molar-refractivity contribution in [3.8, 4) is 5.75 Å². The molecule has 3 rings (SSSR count).